The Hall–Kier alpha value is -1.55. The van der Waals surface area contributed by atoms with E-state index in [-0.39, 0.29) is 0 Å². The largest absolute Gasteiger partial charge is 0.497 e. The molecule has 2 aromatic rings. The minimum atomic E-state index is 0.651. The molecule has 3 rings (SSSR count). The van der Waals surface area contributed by atoms with E-state index in [2.05, 4.69) is 27.4 Å². The molecule has 19 heavy (non-hydrogen) atoms. The van der Waals surface area contributed by atoms with Gasteiger partial charge in [-0.3, -0.25) is 0 Å². The van der Waals surface area contributed by atoms with Crippen LogP contribution in [-0.2, 0) is 6.42 Å². The molecule has 4 heteroatoms. The van der Waals surface area contributed by atoms with E-state index in [1.807, 2.05) is 18.3 Å². The van der Waals surface area contributed by atoms with Gasteiger partial charge in [0.1, 0.15) is 11.6 Å². The fourth-order valence-corrected chi connectivity index (χ4v) is 3.07. The molecule has 102 valence electrons. The van der Waals surface area contributed by atoms with Crippen molar-refractivity contribution in [3.05, 3.63) is 30.4 Å². The third-order valence-corrected chi connectivity index (χ3v) is 4.14. The van der Waals surface area contributed by atoms with Crippen LogP contribution < -0.4 is 4.74 Å². The molecule has 3 heterocycles. The van der Waals surface area contributed by atoms with E-state index in [1.54, 1.807) is 7.11 Å². The Morgan fingerprint density at radius 1 is 1.47 bits per heavy atom. The highest BCUT2D eigenvalue weighted by Gasteiger charge is 2.24. The van der Waals surface area contributed by atoms with Crippen LogP contribution in [0, 0.1) is 0 Å². The molecule has 0 radical (unpaired) electrons. The Morgan fingerprint density at radius 2 is 2.37 bits per heavy atom. The van der Waals surface area contributed by atoms with Gasteiger partial charge in [0.05, 0.1) is 18.8 Å². The van der Waals surface area contributed by atoms with Crippen LogP contribution in [0.3, 0.4) is 0 Å². The molecule has 2 aromatic heterocycles. The van der Waals surface area contributed by atoms with Gasteiger partial charge in [0.15, 0.2) is 0 Å². The Balaban J connectivity index is 1.85. The molecule has 0 amide bonds. The number of hydrogen-bond donors (Lipinski definition) is 0. The number of likely N-dealkylation sites (tertiary alicyclic amines) is 1. The summed E-state index contributed by atoms with van der Waals surface area (Å²) in [6.45, 7) is 4.62. The van der Waals surface area contributed by atoms with Crippen LogP contribution in [0.25, 0.3) is 5.52 Å². The van der Waals surface area contributed by atoms with Crippen molar-refractivity contribution in [3.63, 3.8) is 0 Å². The fraction of sp³-hybridized carbons (Fsp3) is 0.533. The van der Waals surface area contributed by atoms with Gasteiger partial charge < -0.3 is 14.0 Å². The zero-order valence-corrected chi connectivity index (χ0v) is 11.7. The van der Waals surface area contributed by atoms with Gasteiger partial charge in [-0.15, -0.1) is 0 Å². The van der Waals surface area contributed by atoms with Gasteiger partial charge in [-0.25, -0.2) is 4.98 Å². The summed E-state index contributed by atoms with van der Waals surface area (Å²) in [5.74, 6) is 2.04. The minimum Gasteiger partial charge on any atom is -0.497 e. The lowest BCUT2D eigenvalue weighted by Crippen LogP contribution is -2.31. The number of fused-ring (bicyclic) bond motifs is 1. The molecular formula is C15H21N3O. The van der Waals surface area contributed by atoms with E-state index in [4.69, 9.17) is 4.74 Å². The van der Waals surface area contributed by atoms with E-state index >= 15 is 0 Å². The van der Waals surface area contributed by atoms with Crippen molar-refractivity contribution in [2.24, 2.45) is 0 Å². The Kier molecular flexibility index (Phi) is 3.42. The predicted molar refractivity (Wildman–Crippen MR) is 75.7 cm³/mol. The SMILES string of the molecule is CCN1CCCC1Cc1ncc2cc(OC)ccn12. The maximum atomic E-state index is 5.25. The van der Waals surface area contributed by atoms with Crippen molar-refractivity contribution in [3.8, 4) is 5.75 Å². The van der Waals surface area contributed by atoms with Crippen LogP contribution in [0.4, 0.5) is 0 Å². The molecule has 0 bridgehead atoms. The molecule has 0 aliphatic carbocycles. The van der Waals surface area contributed by atoms with Crippen LogP contribution >= 0.6 is 0 Å². The lowest BCUT2D eigenvalue weighted by molar-refractivity contribution is 0.263. The topological polar surface area (TPSA) is 29.8 Å². The summed E-state index contributed by atoms with van der Waals surface area (Å²) in [6, 6.07) is 4.67. The highest BCUT2D eigenvalue weighted by molar-refractivity contribution is 5.50. The summed E-state index contributed by atoms with van der Waals surface area (Å²) in [4.78, 5) is 7.14. The Labute approximate surface area is 114 Å². The number of nitrogens with zero attached hydrogens (tertiary/aromatic N) is 3. The Morgan fingerprint density at radius 3 is 3.16 bits per heavy atom. The molecule has 1 aliphatic rings. The van der Waals surface area contributed by atoms with Gasteiger partial charge in [-0.05, 0) is 32.0 Å². The second kappa shape index (κ2) is 5.21. The number of ether oxygens (including phenoxy) is 1. The van der Waals surface area contributed by atoms with Crippen molar-refractivity contribution in [1.82, 2.24) is 14.3 Å². The molecular weight excluding hydrogens is 238 g/mol. The molecule has 1 fully saturated rings. The van der Waals surface area contributed by atoms with Crippen molar-refractivity contribution in [1.29, 1.82) is 0 Å². The second-order valence-corrected chi connectivity index (χ2v) is 5.16. The van der Waals surface area contributed by atoms with E-state index in [9.17, 15) is 0 Å². The summed E-state index contributed by atoms with van der Waals surface area (Å²) in [7, 11) is 1.70. The lowest BCUT2D eigenvalue weighted by atomic mass is 10.1. The van der Waals surface area contributed by atoms with Gasteiger partial charge in [0.2, 0.25) is 0 Å². The summed E-state index contributed by atoms with van der Waals surface area (Å²) in [5, 5.41) is 0. The van der Waals surface area contributed by atoms with Gasteiger partial charge in [0.25, 0.3) is 0 Å². The quantitative estimate of drug-likeness (QED) is 0.844. The fourth-order valence-electron chi connectivity index (χ4n) is 3.07. The van der Waals surface area contributed by atoms with Crippen LogP contribution in [0.2, 0.25) is 0 Å². The molecule has 0 spiro atoms. The second-order valence-electron chi connectivity index (χ2n) is 5.16. The first-order chi connectivity index (χ1) is 9.31. The molecule has 0 N–H and O–H groups in total. The summed E-state index contributed by atoms with van der Waals surface area (Å²) in [5.41, 5.74) is 1.11. The number of aromatic nitrogens is 2. The lowest BCUT2D eigenvalue weighted by Gasteiger charge is -2.22. The third kappa shape index (κ3) is 2.32. The zero-order chi connectivity index (χ0) is 13.2. The summed E-state index contributed by atoms with van der Waals surface area (Å²) < 4.78 is 7.43. The monoisotopic (exact) mass is 259 g/mol. The normalized spacial score (nSPS) is 20.2. The maximum Gasteiger partial charge on any atom is 0.122 e. The van der Waals surface area contributed by atoms with Crippen LogP contribution in [-0.4, -0.2) is 40.5 Å². The van der Waals surface area contributed by atoms with Gasteiger partial charge in [-0.1, -0.05) is 6.92 Å². The Bertz CT molecular complexity index is 564. The summed E-state index contributed by atoms with van der Waals surface area (Å²) in [6.07, 6.45) is 7.63. The molecule has 4 nitrogen and oxygen atoms in total. The standard InChI is InChI=1S/C15H21N3O/c1-3-17-7-4-5-12(17)10-15-16-11-13-9-14(19-2)6-8-18(13)15/h6,8-9,11-12H,3-5,7,10H2,1-2H3. The number of imidazole rings is 1. The highest BCUT2D eigenvalue weighted by atomic mass is 16.5. The van der Waals surface area contributed by atoms with Gasteiger partial charge in [0, 0.05) is 24.7 Å². The van der Waals surface area contributed by atoms with Gasteiger partial charge >= 0.3 is 0 Å². The van der Waals surface area contributed by atoms with Crippen LogP contribution in [0.15, 0.2) is 24.5 Å². The first kappa shape index (κ1) is 12.5. The number of methoxy groups -OCH3 is 1. The predicted octanol–water partition coefficient (Wildman–Crippen LogP) is 2.37. The van der Waals surface area contributed by atoms with Crippen molar-refractivity contribution >= 4 is 5.52 Å². The van der Waals surface area contributed by atoms with E-state index in [0.717, 1.165) is 30.1 Å². The van der Waals surface area contributed by atoms with Crippen molar-refractivity contribution < 1.29 is 4.74 Å². The molecule has 1 unspecified atom stereocenters. The number of rotatable bonds is 4. The zero-order valence-electron chi connectivity index (χ0n) is 11.7. The van der Waals surface area contributed by atoms with E-state index < -0.39 is 0 Å². The minimum absolute atomic E-state index is 0.651. The van der Waals surface area contributed by atoms with Crippen molar-refractivity contribution in [2.45, 2.75) is 32.2 Å². The van der Waals surface area contributed by atoms with Gasteiger partial charge in [-0.2, -0.15) is 0 Å². The summed E-state index contributed by atoms with van der Waals surface area (Å²) >= 11 is 0. The average molecular weight is 259 g/mol. The molecule has 0 aromatic carbocycles. The number of pyridine rings is 1. The van der Waals surface area contributed by atoms with E-state index in [0.29, 0.717) is 6.04 Å². The third-order valence-electron chi connectivity index (χ3n) is 4.14. The number of likely N-dealkylation sites (N-methyl/N-ethyl adjacent to an activating group) is 1. The smallest absolute Gasteiger partial charge is 0.122 e. The van der Waals surface area contributed by atoms with Crippen LogP contribution in [0.1, 0.15) is 25.6 Å². The average Bonchev–Trinajstić information content (AvgIpc) is 3.05. The molecule has 0 saturated carbocycles. The highest BCUT2D eigenvalue weighted by Crippen LogP contribution is 2.22. The number of hydrogen-bond acceptors (Lipinski definition) is 3. The maximum absolute atomic E-state index is 5.25. The van der Waals surface area contributed by atoms with E-state index in [1.165, 1.54) is 19.4 Å². The molecule has 1 aliphatic heterocycles. The first-order valence-electron chi connectivity index (χ1n) is 7.06. The van der Waals surface area contributed by atoms with Crippen molar-refractivity contribution in [2.75, 3.05) is 20.2 Å². The molecule has 1 saturated heterocycles. The van der Waals surface area contributed by atoms with Crippen LogP contribution in [0.5, 0.6) is 5.75 Å². The molecule has 1 atom stereocenters. The first-order valence-corrected chi connectivity index (χ1v) is 7.06.